The van der Waals surface area contributed by atoms with E-state index >= 15 is 0 Å². The van der Waals surface area contributed by atoms with Gasteiger partial charge in [0.2, 0.25) is 12.8 Å². The van der Waals surface area contributed by atoms with E-state index in [9.17, 15) is 9.59 Å². The fourth-order valence-electron chi connectivity index (χ4n) is 4.60. The number of nitrogens with zero attached hydrogens (tertiary/aromatic N) is 2. The number of aryl methyl sites for hydroxylation is 2. The Bertz CT molecular complexity index is 968. The van der Waals surface area contributed by atoms with Gasteiger partial charge in [0.1, 0.15) is 12.2 Å². The zero-order valence-corrected chi connectivity index (χ0v) is 16.2. The van der Waals surface area contributed by atoms with Crippen LogP contribution in [0, 0.1) is 0 Å². The first-order valence-corrected chi connectivity index (χ1v) is 9.76. The van der Waals surface area contributed by atoms with E-state index < -0.39 is 5.41 Å². The first-order chi connectivity index (χ1) is 14.2. The van der Waals surface area contributed by atoms with Gasteiger partial charge in [-0.2, -0.15) is 0 Å². The summed E-state index contributed by atoms with van der Waals surface area (Å²) >= 11 is 0. The molecule has 0 atom stereocenters. The largest absolute Gasteiger partial charge is 0.331 e. The minimum atomic E-state index is -0.480. The Balaban J connectivity index is 2.00. The standard InChI is InChI=1S/C22H23N5O2/c1-2-9-22(21-23-12-26-27-21)19-7-5-17(24-13-28)10-15(19)3-4-16-11-18(25-14-29)6-8-20(16)22/h5-8,10-14H,2-4,9H2,1H3,(H,24,28)(H,25,29)(H,23,26,27). The van der Waals surface area contributed by atoms with Gasteiger partial charge in [0.05, 0.1) is 5.41 Å². The van der Waals surface area contributed by atoms with E-state index in [1.54, 1.807) is 6.33 Å². The summed E-state index contributed by atoms with van der Waals surface area (Å²) in [6, 6.07) is 12.1. The van der Waals surface area contributed by atoms with E-state index in [4.69, 9.17) is 0 Å². The van der Waals surface area contributed by atoms with Gasteiger partial charge in [-0.25, -0.2) is 0 Å². The van der Waals surface area contributed by atoms with Crippen LogP contribution in [0.4, 0.5) is 11.4 Å². The Labute approximate surface area is 168 Å². The molecule has 1 aliphatic carbocycles. The number of amides is 2. The third-order valence-corrected chi connectivity index (χ3v) is 5.69. The van der Waals surface area contributed by atoms with Crippen LogP contribution < -0.4 is 10.6 Å². The maximum absolute atomic E-state index is 10.9. The van der Waals surface area contributed by atoms with Crippen molar-refractivity contribution in [3.8, 4) is 0 Å². The number of carbonyl (C=O) groups is 2. The molecular formula is C22H23N5O2. The van der Waals surface area contributed by atoms with E-state index in [1.807, 2.05) is 24.3 Å². The van der Waals surface area contributed by atoms with Crippen molar-refractivity contribution in [2.45, 2.75) is 38.0 Å². The summed E-state index contributed by atoms with van der Waals surface area (Å²) in [6.45, 7) is 2.16. The topological polar surface area (TPSA) is 99.8 Å². The van der Waals surface area contributed by atoms with Crippen molar-refractivity contribution < 1.29 is 9.59 Å². The van der Waals surface area contributed by atoms with Crippen molar-refractivity contribution in [3.05, 3.63) is 70.8 Å². The van der Waals surface area contributed by atoms with Gasteiger partial charge in [-0.05, 0) is 65.8 Å². The number of fused-ring (bicyclic) bond motifs is 2. The number of H-pyrrole nitrogens is 1. The fraction of sp³-hybridized carbons (Fsp3) is 0.273. The Morgan fingerprint density at radius 2 is 1.59 bits per heavy atom. The van der Waals surface area contributed by atoms with Gasteiger partial charge < -0.3 is 15.6 Å². The lowest BCUT2D eigenvalue weighted by Crippen LogP contribution is -2.32. The summed E-state index contributed by atoms with van der Waals surface area (Å²) in [5, 5.41) is 14.0. The van der Waals surface area contributed by atoms with Crippen LogP contribution in [0.3, 0.4) is 0 Å². The number of rotatable bonds is 7. The predicted octanol–water partition coefficient (Wildman–Crippen LogP) is 3.17. The molecule has 0 bridgehead atoms. The lowest BCUT2D eigenvalue weighted by atomic mass is 9.69. The highest BCUT2D eigenvalue weighted by atomic mass is 16.1. The van der Waals surface area contributed by atoms with Crippen LogP contribution in [0.25, 0.3) is 0 Å². The van der Waals surface area contributed by atoms with Crippen LogP contribution in [-0.4, -0.2) is 28.0 Å². The smallest absolute Gasteiger partial charge is 0.211 e. The van der Waals surface area contributed by atoms with Crippen LogP contribution in [0.2, 0.25) is 0 Å². The van der Waals surface area contributed by atoms with Crippen LogP contribution in [0.15, 0.2) is 42.7 Å². The van der Waals surface area contributed by atoms with E-state index in [2.05, 4.69) is 44.9 Å². The number of nitrogens with one attached hydrogen (secondary N) is 3. The molecule has 0 saturated heterocycles. The lowest BCUT2D eigenvalue weighted by Gasteiger charge is -2.34. The summed E-state index contributed by atoms with van der Waals surface area (Å²) < 4.78 is 0. The molecule has 3 N–H and O–H groups in total. The molecule has 2 aromatic carbocycles. The Hall–Kier alpha value is -3.48. The molecule has 0 aliphatic heterocycles. The second-order valence-corrected chi connectivity index (χ2v) is 7.26. The van der Waals surface area contributed by atoms with Gasteiger partial charge in [-0.3, -0.25) is 9.59 Å². The molecule has 1 aliphatic rings. The molecule has 0 saturated carbocycles. The van der Waals surface area contributed by atoms with Crippen LogP contribution in [0.1, 0.15) is 47.8 Å². The molecule has 7 nitrogen and oxygen atoms in total. The quantitative estimate of drug-likeness (QED) is 0.540. The molecular weight excluding hydrogens is 366 g/mol. The van der Waals surface area contributed by atoms with Gasteiger partial charge in [-0.15, -0.1) is 10.2 Å². The van der Waals surface area contributed by atoms with E-state index in [0.29, 0.717) is 12.8 Å². The Morgan fingerprint density at radius 1 is 1.00 bits per heavy atom. The van der Waals surface area contributed by atoms with E-state index in [1.165, 1.54) is 22.3 Å². The molecule has 29 heavy (non-hydrogen) atoms. The van der Waals surface area contributed by atoms with Crippen LogP contribution in [0.5, 0.6) is 0 Å². The number of hydrogen-bond donors (Lipinski definition) is 3. The van der Waals surface area contributed by atoms with Crippen molar-refractivity contribution in [2.24, 2.45) is 0 Å². The molecule has 0 spiro atoms. The summed E-state index contributed by atoms with van der Waals surface area (Å²) in [5.41, 5.74) is 5.74. The molecule has 0 unspecified atom stereocenters. The zero-order chi connectivity index (χ0) is 20.3. The summed E-state index contributed by atoms with van der Waals surface area (Å²) in [5.74, 6) is 0.802. The third-order valence-electron chi connectivity index (χ3n) is 5.69. The number of aromatic nitrogens is 3. The van der Waals surface area contributed by atoms with Crippen molar-refractivity contribution in [1.29, 1.82) is 0 Å². The molecule has 2 amide bonds. The molecule has 1 aromatic heterocycles. The van der Waals surface area contributed by atoms with Gasteiger partial charge >= 0.3 is 0 Å². The van der Waals surface area contributed by atoms with Gasteiger partial charge in [-0.1, -0.05) is 25.5 Å². The SMILES string of the molecule is CCCC1(c2nnc[nH]2)c2ccc(NC=O)cc2CCc2cc(NC=O)ccc21. The highest BCUT2D eigenvalue weighted by molar-refractivity contribution is 5.74. The van der Waals surface area contributed by atoms with Crippen molar-refractivity contribution >= 4 is 24.2 Å². The minimum absolute atomic E-state index is 0.480. The average molecular weight is 389 g/mol. The maximum atomic E-state index is 10.9. The van der Waals surface area contributed by atoms with Gasteiger partial charge in [0.15, 0.2) is 0 Å². The third kappa shape index (κ3) is 3.18. The molecule has 4 rings (SSSR count). The number of carbonyl (C=O) groups excluding carboxylic acids is 2. The predicted molar refractivity (Wildman–Crippen MR) is 111 cm³/mol. The summed E-state index contributed by atoms with van der Waals surface area (Å²) in [4.78, 5) is 25.1. The van der Waals surface area contributed by atoms with Crippen LogP contribution in [-0.2, 0) is 27.8 Å². The minimum Gasteiger partial charge on any atom is -0.331 e. The zero-order valence-electron chi connectivity index (χ0n) is 16.2. The average Bonchev–Trinajstić information content (AvgIpc) is 3.23. The first kappa shape index (κ1) is 18.9. The second kappa shape index (κ2) is 7.87. The van der Waals surface area contributed by atoms with E-state index in [-0.39, 0.29) is 0 Å². The van der Waals surface area contributed by atoms with Crippen LogP contribution >= 0.6 is 0 Å². The maximum Gasteiger partial charge on any atom is 0.211 e. The van der Waals surface area contributed by atoms with Crippen molar-refractivity contribution in [3.63, 3.8) is 0 Å². The lowest BCUT2D eigenvalue weighted by molar-refractivity contribution is -0.106. The fourth-order valence-corrected chi connectivity index (χ4v) is 4.60. The van der Waals surface area contributed by atoms with E-state index in [0.717, 1.165) is 42.9 Å². The molecule has 7 heteroatoms. The normalized spacial score (nSPS) is 14.2. The molecule has 0 radical (unpaired) electrons. The Morgan fingerprint density at radius 3 is 2.03 bits per heavy atom. The number of benzene rings is 2. The van der Waals surface area contributed by atoms with Gasteiger partial charge in [0.25, 0.3) is 0 Å². The summed E-state index contributed by atoms with van der Waals surface area (Å²) in [6.07, 6.45) is 6.44. The number of aromatic amines is 1. The van der Waals surface area contributed by atoms with Crippen molar-refractivity contribution in [1.82, 2.24) is 15.2 Å². The molecule has 1 heterocycles. The molecule has 148 valence electrons. The number of hydrogen-bond acceptors (Lipinski definition) is 4. The Kier molecular flexibility index (Phi) is 5.12. The summed E-state index contributed by atoms with van der Waals surface area (Å²) in [7, 11) is 0. The monoisotopic (exact) mass is 389 g/mol. The molecule has 0 fully saturated rings. The number of anilines is 2. The van der Waals surface area contributed by atoms with Gasteiger partial charge in [0, 0.05) is 11.4 Å². The molecule has 3 aromatic rings. The first-order valence-electron chi connectivity index (χ1n) is 9.76. The second-order valence-electron chi connectivity index (χ2n) is 7.26. The highest BCUT2D eigenvalue weighted by Crippen LogP contribution is 2.47. The highest BCUT2D eigenvalue weighted by Gasteiger charge is 2.42. The van der Waals surface area contributed by atoms with Crippen molar-refractivity contribution in [2.75, 3.05) is 10.6 Å².